The first-order valence-electron chi connectivity index (χ1n) is 9.75. The minimum Gasteiger partial charge on any atom is -0.357 e. The highest BCUT2D eigenvalue weighted by Gasteiger charge is 2.33. The van der Waals surface area contributed by atoms with Crippen molar-refractivity contribution in [3.05, 3.63) is 76.6 Å². The Hall–Kier alpha value is -3.72. The molecule has 0 fully saturated rings. The number of rotatable bonds is 4. The van der Waals surface area contributed by atoms with Crippen LogP contribution >= 0.6 is 11.6 Å². The number of hydrogen-bond donors (Lipinski definition) is 2. The molecule has 0 spiro atoms. The molecule has 2 N–H and O–H groups in total. The number of fused-ring (bicyclic) bond motifs is 1. The van der Waals surface area contributed by atoms with E-state index >= 15 is 0 Å². The minimum absolute atomic E-state index is 0.0105. The number of anilines is 2. The van der Waals surface area contributed by atoms with Crippen molar-refractivity contribution >= 4 is 40.2 Å². The first-order valence-corrected chi connectivity index (χ1v) is 10.1. The van der Waals surface area contributed by atoms with Crippen molar-refractivity contribution in [2.24, 2.45) is 0 Å². The number of halogens is 4. The lowest BCUT2D eigenvalue weighted by atomic mass is 9.98. The third kappa shape index (κ3) is 4.73. The molecule has 4 aromatic rings. The number of aryl methyl sites for hydroxylation is 1. The van der Waals surface area contributed by atoms with Crippen molar-refractivity contribution in [1.82, 2.24) is 15.0 Å². The zero-order chi connectivity index (χ0) is 23.8. The molecule has 0 aliphatic carbocycles. The molecule has 2 aromatic carbocycles. The molecular weight excluding hydrogens is 455 g/mol. The van der Waals surface area contributed by atoms with E-state index in [9.17, 15) is 18.0 Å². The van der Waals surface area contributed by atoms with Gasteiger partial charge in [-0.25, -0.2) is 9.97 Å². The molecule has 33 heavy (non-hydrogen) atoms. The third-order valence-electron chi connectivity index (χ3n) is 5.00. The van der Waals surface area contributed by atoms with Crippen LogP contribution in [0.15, 0.2) is 54.9 Å². The van der Waals surface area contributed by atoms with Crippen molar-refractivity contribution in [3.63, 3.8) is 0 Å². The standard InChI is InChI=1S/C23H17ClF3N5O/c1-12-3-4-13(21(33)31-16-5-6-19(24)18(9-16)23(25,26)27)8-17(12)14-7-15-11-30-22(28-2)32-20(15)29-10-14/h3-11H,1-2H3,(H,31,33)(H,28,29,30,32). The molecule has 2 aromatic heterocycles. The SMILES string of the molecule is CNc1ncc2cc(-c3cc(C(=O)Nc4ccc(Cl)c(C(F)(F)F)c4)ccc3C)cnc2n1. The number of alkyl halides is 3. The summed E-state index contributed by atoms with van der Waals surface area (Å²) >= 11 is 5.65. The number of pyridine rings is 1. The maximum atomic E-state index is 13.1. The molecular formula is C23H17ClF3N5O. The lowest BCUT2D eigenvalue weighted by Gasteiger charge is -2.13. The predicted molar refractivity (Wildman–Crippen MR) is 121 cm³/mol. The summed E-state index contributed by atoms with van der Waals surface area (Å²) in [7, 11) is 1.71. The lowest BCUT2D eigenvalue weighted by Crippen LogP contribution is -2.13. The first-order chi connectivity index (χ1) is 15.7. The molecule has 168 valence electrons. The fraction of sp³-hybridized carbons (Fsp3) is 0.130. The molecule has 2 heterocycles. The summed E-state index contributed by atoms with van der Waals surface area (Å²) in [4.78, 5) is 25.6. The predicted octanol–water partition coefficient (Wildman–Crippen LogP) is 5.97. The molecule has 0 saturated carbocycles. The van der Waals surface area contributed by atoms with Crippen LogP contribution < -0.4 is 10.6 Å². The van der Waals surface area contributed by atoms with Gasteiger partial charge < -0.3 is 10.6 Å². The summed E-state index contributed by atoms with van der Waals surface area (Å²) in [6.45, 7) is 1.89. The Balaban J connectivity index is 1.65. The van der Waals surface area contributed by atoms with E-state index in [0.717, 1.165) is 34.2 Å². The van der Waals surface area contributed by atoms with Crippen molar-refractivity contribution in [3.8, 4) is 11.1 Å². The van der Waals surface area contributed by atoms with Gasteiger partial charge >= 0.3 is 6.18 Å². The molecule has 6 nitrogen and oxygen atoms in total. The van der Waals surface area contributed by atoms with E-state index in [1.54, 1.807) is 37.6 Å². The van der Waals surface area contributed by atoms with Crippen LogP contribution in [0.5, 0.6) is 0 Å². The van der Waals surface area contributed by atoms with Gasteiger partial charge in [-0.2, -0.15) is 18.2 Å². The molecule has 0 bridgehead atoms. The van der Waals surface area contributed by atoms with Crippen LogP contribution in [0.4, 0.5) is 24.8 Å². The molecule has 0 atom stereocenters. The number of amides is 1. The summed E-state index contributed by atoms with van der Waals surface area (Å²) in [5.74, 6) is -0.101. The van der Waals surface area contributed by atoms with Gasteiger partial charge in [0, 0.05) is 41.6 Å². The number of hydrogen-bond acceptors (Lipinski definition) is 5. The topological polar surface area (TPSA) is 79.8 Å². The summed E-state index contributed by atoms with van der Waals surface area (Å²) in [6, 6.07) is 10.1. The Morgan fingerprint density at radius 2 is 1.82 bits per heavy atom. The highest BCUT2D eigenvalue weighted by molar-refractivity contribution is 6.31. The highest BCUT2D eigenvalue weighted by atomic mass is 35.5. The van der Waals surface area contributed by atoms with Gasteiger partial charge in [-0.1, -0.05) is 17.7 Å². The zero-order valence-electron chi connectivity index (χ0n) is 17.5. The number of nitrogens with zero attached hydrogens (tertiary/aromatic N) is 3. The summed E-state index contributed by atoms with van der Waals surface area (Å²) in [5.41, 5.74) is 2.17. The molecule has 0 saturated heterocycles. The Morgan fingerprint density at radius 3 is 2.55 bits per heavy atom. The molecule has 0 unspecified atom stereocenters. The number of carbonyl (C=O) groups is 1. The Morgan fingerprint density at radius 1 is 1.03 bits per heavy atom. The van der Waals surface area contributed by atoms with Gasteiger partial charge in [-0.3, -0.25) is 4.79 Å². The second kappa shape index (κ2) is 8.67. The van der Waals surface area contributed by atoms with E-state index < -0.39 is 22.7 Å². The van der Waals surface area contributed by atoms with Crippen LogP contribution in [0, 0.1) is 6.92 Å². The molecule has 1 amide bonds. The van der Waals surface area contributed by atoms with Gasteiger partial charge in [-0.15, -0.1) is 0 Å². The number of benzene rings is 2. The van der Waals surface area contributed by atoms with Gasteiger partial charge in [0.15, 0.2) is 5.65 Å². The lowest BCUT2D eigenvalue weighted by molar-refractivity contribution is -0.137. The van der Waals surface area contributed by atoms with Gasteiger partial charge in [0.05, 0.1) is 10.6 Å². The van der Waals surface area contributed by atoms with E-state index in [1.165, 1.54) is 6.07 Å². The van der Waals surface area contributed by atoms with Crippen molar-refractivity contribution < 1.29 is 18.0 Å². The highest BCUT2D eigenvalue weighted by Crippen LogP contribution is 2.36. The Bertz CT molecular complexity index is 1370. The maximum absolute atomic E-state index is 13.1. The van der Waals surface area contributed by atoms with Crippen LogP contribution in [0.2, 0.25) is 5.02 Å². The van der Waals surface area contributed by atoms with Crippen molar-refractivity contribution in [1.29, 1.82) is 0 Å². The Kier molecular flexibility index (Phi) is 5.90. The smallest absolute Gasteiger partial charge is 0.357 e. The minimum atomic E-state index is -4.63. The molecule has 0 aliphatic heterocycles. The monoisotopic (exact) mass is 471 g/mol. The normalized spacial score (nSPS) is 11.5. The van der Waals surface area contributed by atoms with Crippen molar-refractivity contribution in [2.75, 3.05) is 17.7 Å². The van der Waals surface area contributed by atoms with E-state index in [1.807, 2.05) is 13.0 Å². The zero-order valence-corrected chi connectivity index (χ0v) is 18.2. The fourth-order valence-electron chi connectivity index (χ4n) is 3.29. The maximum Gasteiger partial charge on any atom is 0.417 e. The van der Waals surface area contributed by atoms with E-state index in [2.05, 4.69) is 25.6 Å². The number of carbonyl (C=O) groups excluding carboxylic acids is 1. The van der Waals surface area contributed by atoms with Gasteiger partial charge in [0.1, 0.15) is 0 Å². The Labute approximate surface area is 191 Å². The van der Waals surface area contributed by atoms with Gasteiger partial charge in [-0.05, 0) is 54.4 Å². The average Bonchev–Trinajstić information content (AvgIpc) is 2.79. The van der Waals surface area contributed by atoms with E-state index in [0.29, 0.717) is 11.6 Å². The van der Waals surface area contributed by atoms with Crippen molar-refractivity contribution in [2.45, 2.75) is 13.1 Å². The second-order valence-electron chi connectivity index (χ2n) is 7.26. The van der Waals surface area contributed by atoms with Crippen LogP contribution in [-0.4, -0.2) is 27.9 Å². The summed E-state index contributed by atoms with van der Waals surface area (Å²) in [6.07, 6.45) is -1.33. The van der Waals surface area contributed by atoms with Crippen LogP contribution in [0.3, 0.4) is 0 Å². The second-order valence-corrected chi connectivity index (χ2v) is 7.66. The average molecular weight is 472 g/mol. The third-order valence-corrected chi connectivity index (χ3v) is 5.33. The van der Waals surface area contributed by atoms with E-state index in [-0.39, 0.29) is 11.3 Å². The summed E-state index contributed by atoms with van der Waals surface area (Å²) in [5, 5.41) is 5.64. The molecule has 0 radical (unpaired) electrons. The quantitative estimate of drug-likeness (QED) is 0.383. The number of aromatic nitrogens is 3. The molecule has 10 heteroatoms. The van der Waals surface area contributed by atoms with Gasteiger partial charge in [0.25, 0.3) is 5.91 Å². The van der Waals surface area contributed by atoms with E-state index in [4.69, 9.17) is 11.6 Å². The first kappa shape index (κ1) is 22.5. The summed E-state index contributed by atoms with van der Waals surface area (Å²) < 4.78 is 39.3. The van der Waals surface area contributed by atoms with Crippen LogP contribution in [0.1, 0.15) is 21.5 Å². The number of nitrogens with one attached hydrogen (secondary N) is 2. The molecule has 0 aliphatic rings. The van der Waals surface area contributed by atoms with Crippen LogP contribution in [-0.2, 0) is 6.18 Å². The fourth-order valence-corrected chi connectivity index (χ4v) is 3.51. The molecule has 4 rings (SSSR count). The van der Waals surface area contributed by atoms with Crippen LogP contribution in [0.25, 0.3) is 22.2 Å². The largest absolute Gasteiger partial charge is 0.417 e. The van der Waals surface area contributed by atoms with Gasteiger partial charge in [0.2, 0.25) is 5.95 Å².